The molecule has 2 aromatic heterocycles. The second kappa shape index (κ2) is 4.32. The van der Waals surface area contributed by atoms with E-state index in [1.807, 2.05) is 28.8 Å². The van der Waals surface area contributed by atoms with E-state index in [2.05, 4.69) is 9.72 Å². The van der Waals surface area contributed by atoms with E-state index < -0.39 is 12.1 Å². The molecule has 5 nitrogen and oxygen atoms in total. The van der Waals surface area contributed by atoms with Crippen LogP contribution in [-0.2, 0) is 16.0 Å². The Morgan fingerprint density at radius 2 is 2.44 bits per heavy atom. The summed E-state index contributed by atoms with van der Waals surface area (Å²) in [5, 5.41) is 9.47. The van der Waals surface area contributed by atoms with E-state index in [0.29, 0.717) is 5.69 Å². The van der Waals surface area contributed by atoms with Crippen molar-refractivity contribution in [1.29, 1.82) is 0 Å². The standard InChI is InChI=1S/C11H12N2O3/c1-16-11(15)9(14)6-8-7-13-5-3-2-4-10(13)12-8/h2-5,7,9,14H,6H2,1H3. The summed E-state index contributed by atoms with van der Waals surface area (Å²) in [5.74, 6) is -0.642. The molecule has 0 radical (unpaired) electrons. The van der Waals surface area contributed by atoms with Gasteiger partial charge in [-0.2, -0.15) is 0 Å². The van der Waals surface area contributed by atoms with Crippen LogP contribution in [0, 0.1) is 0 Å². The third kappa shape index (κ3) is 2.04. The molecule has 0 saturated heterocycles. The molecule has 5 heteroatoms. The van der Waals surface area contributed by atoms with Crippen molar-refractivity contribution in [3.63, 3.8) is 0 Å². The summed E-state index contributed by atoms with van der Waals surface area (Å²) in [6.45, 7) is 0. The summed E-state index contributed by atoms with van der Waals surface area (Å²) >= 11 is 0. The average molecular weight is 220 g/mol. The Morgan fingerprint density at radius 1 is 1.62 bits per heavy atom. The van der Waals surface area contributed by atoms with Crippen molar-refractivity contribution in [3.8, 4) is 0 Å². The molecule has 84 valence electrons. The molecule has 0 bridgehead atoms. The summed E-state index contributed by atoms with van der Waals surface area (Å²) in [5.41, 5.74) is 1.44. The number of aliphatic hydroxyl groups excluding tert-OH is 1. The number of fused-ring (bicyclic) bond motifs is 1. The maximum Gasteiger partial charge on any atom is 0.335 e. The van der Waals surface area contributed by atoms with E-state index in [-0.39, 0.29) is 6.42 Å². The van der Waals surface area contributed by atoms with Gasteiger partial charge in [0.1, 0.15) is 5.65 Å². The first kappa shape index (κ1) is 10.6. The Morgan fingerprint density at radius 3 is 3.12 bits per heavy atom. The lowest BCUT2D eigenvalue weighted by molar-refractivity contribution is -0.150. The molecule has 2 heterocycles. The second-order valence-electron chi connectivity index (χ2n) is 3.44. The SMILES string of the molecule is COC(=O)C(O)Cc1cn2ccccc2n1. The number of aliphatic hydroxyl groups is 1. The van der Waals surface area contributed by atoms with Crippen LogP contribution in [0.4, 0.5) is 0 Å². The predicted octanol–water partition coefficient (Wildman–Crippen LogP) is 0.411. The Kier molecular flexibility index (Phi) is 2.87. The average Bonchev–Trinajstić information content (AvgIpc) is 2.69. The second-order valence-corrected chi connectivity index (χ2v) is 3.44. The number of nitrogens with zero attached hydrogens (tertiary/aromatic N) is 2. The normalized spacial score (nSPS) is 12.6. The van der Waals surface area contributed by atoms with Gasteiger partial charge in [-0.25, -0.2) is 9.78 Å². The van der Waals surface area contributed by atoms with Gasteiger partial charge in [-0.3, -0.25) is 0 Å². The molecule has 1 atom stereocenters. The van der Waals surface area contributed by atoms with Gasteiger partial charge in [0.15, 0.2) is 6.10 Å². The Hall–Kier alpha value is -1.88. The highest BCUT2D eigenvalue weighted by Gasteiger charge is 2.17. The molecule has 0 aliphatic rings. The summed E-state index contributed by atoms with van der Waals surface area (Å²) < 4.78 is 6.27. The molecule has 0 aromatic carbocycles. The fraction of sp³-hybridized carbons (Fsp3) is 0.273. The predicted molar refractivity (Wildman–Crippen MR) is 56.9 cm³/mol. The van der Waals surface area contributed by atoms with Crippen LogP contribution in [0.15, 0.2) is 30.6 Å². The smallest absolute Gasteiger partial charge is 0.335 e. The van der Waals surface area contributed by atoms with Crippen molar-refractivity contribution < 1.29 is 14.6 Å². The van der Waals surface area contributed by atoms with Gasteiger partial charge in [0, 0.05) is 18.8 Å². The number of carbonyl (C=O) groups is 1. The van der Waals surface area contributed by atoms with E-state index in [1.54, 1.807) is 6.20 Å². The van der Waals surface area contributed by atoms with E-state index in [9.17, 15) is 9.90 Å². The highest BCUT2D eigenvalue weighted by atomic mass is 16.5. The van der Waals surface area contributed by atoms with E-state index in [0.717, 1.165) is 5.65 Å². The molecule has 0 saturated carbocycles. The molecular formula is C11H12N2O3. The van der Waals surface area contributed by atoms with Crippen molar-refractivity contribution in [2.24, 2.45) is 0 Å². The van der Waals surface area contributed by atoms with Crippen LogP contribution in [0.25, 0.3) is 5.65 Å². The Labute approximate surface area is 92.3 Å². The lowest BCUT2D eigenvalue weighted by Gasteiger charge is -2.04. The number of pyridine rings is 1. The molecule has 0 aliphatic carbocycles. The summed E-state index contributed by atoms with van der Waals surface area (Å²) in [7, 11) is 1.25. The first-order valence-corrected chi connectivity index (χ1v) is 4.89. The maximum atomic E-state index is 11.0. The fourth-order valence-corrected chi connectivity index (χ4v) is 1.50. The van der Waals surface area contributed by atoms with E-state index in [4.69, 9.17) is 0 Å². The largest absolute Gasteiger partial charge is 0.467 e. The van der Waals surface area contributed by atoms with Gasteiger partial charge in [-0.15, -0.1) is 0 Å². The molecule has 0 amide bonds. The van der Waals surface area contributed by atoms with Crippen LogP contribution in [0.3, 0.4) is 0 Å². The van der Waals surface area contributed by atoms with Gasteiger partial charge < -0.3 is 14.2 Å². The number of imidazole rings is 1. The molecular weight excluding hydrogens is 208 g/mol. The van der Waals surface area contributed by atoms with Crippen molar-refractivity contribution in [2.75, 3.05) is 7.11 Å². The first-order chi connectivity index (χ1) is 7.70. The highest BCUT2D eigenvalue weighted by molar-refractivity contribution is 5.74. The molecule has 1 unspecified atom stereocenters. The van der Waals surface area contributed by atoms with Crippen molar-refractivity contribution in [3.05, 3.63) is 36.3 Å². The lowest BCUT2D eigenvalue weighted by atomic mass is 10.2. The molecule has 0 fully saturated rings. The van der Waals surface area contributed by atoms with Crippen LogP contribution in [0.5, 0.6) is 0 Å². The lowest BCUT2D eigenvalue weighted by Crippen LogP contribution is -2.24. The van der Waals surface area contributed by atoms with Crippen molar-refractivity contribution in [2.45, 2.75) is 12.5 Å². The number of esters is 1. The van der Waals surface area contributed by atoms with Gasteiger partial charge in [-0.1, -0.05) is 6.07 Å². The minimum Gasteiger partial charge on any atom is -0.467 e. The summed E-state index contributed by atoms with van der Waals surface area (Å²) in [6.07, 6.45) is 2.64. The molecule has 0 aliphatic heterocycles. The monoisotopic (exact) mass is 220 g/mol. The molecule has 0 spiro atoms. The Bertz CT molecular complexity index is 474. The fourth-order valence-electron chi connectivity index (χ4n) is 1.50. The molecule has 1 N–H and O–H groups in total. The van der Waals surface area contributed by atoms with Crippen LogP contribution >= 0.6 is 0 Å². The quantitative estimate of drug-likeness (QED) is 0.761. The number of rotatable bonds is 3. The Balaban J connectivity index is 2.18. The molecule has 16 heavy (non-hydrogen) atoms. The number of carbonyl (C=O) groups excluding carboxylic acids is 1. The number of aromatic nitrogens is 2. The maximum absolute atomic E-state index is 11.0. The number of hydrogen-bond donors (Lipinski definition) is 1. The van der Waals surface area contributed by atoms with Gasteiger partial charge in [-0.05, 0) is 12.1 Å². The number of hydrogen-bond acceptors (Lipinski definition) is 4. The van der Waals surface area contributed by atoms with E-state index in [1.165, 1.54) is 7.11 Å². The third-order valence-corrected chi connectivity index (χ3v) is 2.29. The van der Waals surface area contributed by atoms with Crippen LogP contribution in [0.2, 0.25) is 0 Å². The zero-order chi connectivity index (χ0) is 11.5. The zero-order valence-corrected chi connectivity index (χ0v) is 8.83. The zero-order valence-electron chi connectivity index (χ0n) is 8.83. The van der Waals surface area contributed by atoms with Crippen LogP contribution < -0.4 is 0 Å². The van der Waals surface area contributed by atoms with Gasteiger partial charge in [0.05, 0.1) is 12.8 Å². The number of methoxy groups -OCH3 is 1. The van der Waals surface area contributed by atoms with E-state index >= 15 is 0 Å². The molecule has 2 aromatic rings. The third-order valence-electron chi connectivity index (χ3n) is 2.29. The first-order valence-electron chi connectivity index (χ1n) is 4.89. The highest BCUT2D eigenvalue weighted by Crippen LogP contribution is 2.07. The van der Waals surface area contributed by atoms with Gasteiger partial charge in [0.25, 0.3) is 0 Å². The van der Waals surface area contributed by atoms with Crippen LogP contribution in [-0.4, -0.2) is 33.7 Å². The van der Waals surface area contributed by atoms with Gasteiger partial charge in [0.2, 0.25) is 0 Å². The van der Waals surface area contributed by atoms with Crippen molar-refractivity contribution in [1.82, 2.24) is 9.38 Å². The van der Waals surface area contributed by atoms with Crippen LogP contribution in [0.1, 0.15) is 5.69 Å². The minimum atomic E-state index is -1.16. The van der Waals surface area contributed by atoms with Gasteiger partial charge >= 0.3 is 5.97 Å². The topological polar surface area (TPSA) is 63.8 Å². The number of ether oxygens (including phenoxy) is 1. The van der Waals surface area contributed by atoms with Crippen molar-refractivity contribution >= 4 is 11.6 Å². The summed E-state index contributed by atoms with van der Waals surface area (Å²) in [4.78, 5) is 15.3. The molecule has 2 rings (SSSR count). The minimum absolute atomic E-state index is 0.161. The summed E-state index contributed by atoms with van der Waals surface area (Å²) in [6, 6.07) is 5.62.